The van der Waals surface area contributed by atoms with E-state index in [2.05, 4.69) is 5.32 Å². The number of nitrogens with one attached hydrogen (secondary N) is 1. The highest BCUT2D eigenvalue weighted by atomic mass is 35.5. The van der Waals surface area contributed by atoms with Crippen molar-refractivity contribution in [2.24, 2.45) is 0 Å². The van der Waals surface area contributed by atoms with Crippen molar-refractivity contribution in [3.63, 3.8) is 0 Å². The van der Waals surface area contributed by atoms with Crippen LogP contribution in [0, 0.1) is 0 Å². The summed E-state index contributed by atoms with van der Waals surface area (Å²) in [5.41, 5.74) is 0.486. The largest absolute Gasteiger partial charge is 0.454 e. The average molecular weight is 256 g/mol. The van der Waals surface area contributed by atoms with E-state index in [0.29, 0.717) is 22.1 Å². The summed E-state index contributed by atoms with van der Waals surface area (Å²) in [6.07, 6.45) is 0.879. The molecular formula is C12H14ClNO3. The molecule has 92 valence electrons. The van der Waals surface area contributed by atoms with E-state index in [-0.39, 0.29) is 18.7 Å². The van der Waals surface area contributed by atoms with Crippen molar-refractivity contribution >= 4 is 17.5 Å². The summed E-state index contributed by atoms with van der Waals surface area (Å²) in [6, 6.07) is 3.37. The molecule has 1 N–H and O–H groups in total. The Bertz CT molecular complexity index is 448. The van der Waals surface area contributed by atoms with Crippen LogP contribution in [0.5, 0.6) is 11.5 Å². The lowest BCUT2D eigenvalue weighted by atomic mass is 10.1. The SMILES string of the molecule is CC[C@H](C)NC(=O)c1cc(Cl)c2c(c1)OCO2. The van der Waals surface area contributed by atoms with Crippen molar-refractivity contribution < 1.29 is 14.3 Å². The number of fused-ring (bicyclic) bond motifs is 1. The molecule has 0 unspecified atom stereocenters. The first-order valence-corrected chi connectivity index (χ1v) is 5.89. The van der Waals surface area contributed by atoms with Crippen LogP contribution in [-0.4, -0.2) is 18.7 Å². The normalized spacial score (nSPS) is 14.5. The van der Waals surface area contributed by atoms with Gasteiger partial charge in [0.25, 0.3) is 5.91 Å². The summed E-state index contributed by atoms with van der Waals surface area (Å²) < 4.78 is 10.4. The van der Waals surface area contributed by atoms with Crippen molar-refractivity contribution in [3.8, 4) is 11.5 Å². The lowest BCUT2D eigenvalue weighted by Gasteiger charge is -2.11. The van der Waals surface area contributed by atoms with Gasteiger partial charge in [0, 0.05) is 11.6 Å². The minimum Gasteiger partial charge on any atom is -0.454 e. The fourth-order valence-corrected chi connectivity index (χ4v) is 1.77. The number of hydrogen-bond donors (Lipinski definition) is 1. The van der Waals surface area contributed by atoms with Gasteiger partial charge in [0.15, 0.2) is 11.5 Å². The molecule has 0 aliphatic carbocycles. The van der Waals surface area contributed by atoms with Crippen molar-refractivity contribution in [2.75, 3.05) is 6.79 Å². The van der Waals surface area contributed by atoms with E-state index in [4.69, 9.17) is 21.1 Å². The Morgan fingerprint density at radius 1 is 1.53 bits per heavy atom. The molecule has 0 spiro atoms. The highest BCUT2D eigenvalue weighted by molar-refractivity contribution is 6.32. The highest BCUT2D eigenvalue weighted by Gasteiger charge is 2.20. The van der Waals surface area contributed by atoms with E-state index < -0.39 is 0 Å². The summed E-state index contributed by atoms with van der Waals surface area (Å²) in [5, 5.41) is 3.27. The van der Waals surface area contributed by atoms with Gasteiger partial charge in [-0.15, -0.1) is 0 Å². The van der Waals surface area contributed by atoms with Gasteiger partial charge in [0.1, 0.15) is 0 Å². The van der Waals surface area contributed by atoms with Crippen LogP contribution in [0.1, 0.15) is 30.6 Å². The maximum atomic E-state index is 11.9. The zero-order valence-corrected chi connectivity index (χ0v) is 10.5. The molecule has 1 amide bonds. The molecule has 1 aliphatic heterocycles. The molecule has 1 aromatic rings. The van der Waals surface area contributed by atoms with Crippen LogP contribution < -0.4 is 14.8 Å². The monoisotopic (exact) mass is 255 g/mol. The van der Waals surface area contributed by atoms with Crippen LogP contribution in [0.3, 0.4) is 0 Å². The molecule has 0 radical (unpaired) electrons. The second-order valence-electron chi connectivity index (χ2n) is 3.97. The van der Waals surface area contributed by atoms with E-state index in [0.717, 1.165) is 6.42 Å². The van der Waals surface area contributed by atoms with Gasteiger partial charge in [-0.3, -0.25) is 4.79 Å². The van der Waals surface area contributed by atoms with Crippen molar-refractivity contribution in [2.45, 2.75) is 26.3 Å². The third-order valence-electron chi connectivity index (χ3n) is 2.68. The zero-order valence-electron chi connectivity index (χ0n) is 9.75. The second kappa shape index (κ2) is 4.84. The van der Waals surface area contributed by atoms with Gasteiger partial charge < -0.3 is 14.8 Å². The fourth-order valence-electron chi connectivity index (χ4n) is 1.51. The Morgan fingerprint density at radius 3 is 3.00 bits per heavy atom. The summed E-state index contributed by atoms with van der Waals surface area (Å²) in [7, 11) is 0. The fraction of sp³-hybridized carbons (Fsp3) is 0.417. The molecule has 1 aliphatic rings. The molecule has 17 heavy (non-hydrogen) atoms. The van der Waals surface area contributed by atoms with Gasteiger partial charge in [-0.05, 0) is 25.5 Å². The van der Waals surface area contributed by atoms with E-state index in [1.165, 1.54) is 0 Å². The molecule has 5 heteroatoms. The molecule has 2 rings (SSSR count). The lowest BCUT2D eigenvalue weighted by Crippen LogP contribution is -2.31. The lowest BCUT2D eigenvalue weighted by molar-refractivity contribution is 0.0939. The van der Waals surface area contributed by atoms with Gasteiger partial charge in [-0.25, -0.2) is 0 Å². The van der Waals surface area contributed by atoms with Crippen molar-refractivity contribution in [3.05, 3.63) is 22.7 Å². The summed E-state index contributed by atoms with van der Waals surface area (Å²) in [4.78, 5) is 11.9. The van der Waals surface area contributed by atoms with E-state index in [1.54, 1.807) is 12.1 Å². The van der Waals surface area contributed by atoms with Crippen LogP contribution in [-0.2, 0) is 0 Å². The predicted molar refractivity (Wildman–Crippen MR) is 64.8 cm³/mol. The first kappa shape index (κ1) is 12.0. The van der Waals surface area contributed by atoms with Crippen molar-refractivity contribution in [1.82, 2.24) is 5.32 Å². The molecule has 0 saturated carbocycles. The van der Waals surface area contributed by atoms with E-state index >= 15 is 0 Å². The number of ether oxygens (including phenoxy) is 2. The minimum absolute atomic E-state index is 0.131. The Balaban J connectivity index is 2.22. The van der Waals surface area contributed by atoms with Gasteiger partial charge >= 0.3 is 0 Å². The molecule has 0 aromatic heterocycles. The highest BCUT2D eigenvalue weighted by Crippen LogP contribution is 2.39. The number of carbonyl (C=O) groups excluding carboxylic acids is 1. The first-order chi connectivity index (χ1) is 8.11. The maximum Gasteiger partial charge on any atom is 0.251 e. The van der Waals surface area contributed by atoms with Crippen LogP contribution in [0.2, 0.25) is 5.02 Å². The van der Waals surface area contributed by atoms with Crippen LogP contribution in [0.15, 0.2) is 12.1 Å². The van der Waals surface area contributed by atoms with Gasteiger partial charge in [-0.1, -0.05) is 18.5 Å². The van der Waals surface area contributed by atoms with Gasteiger partial charge in [0.2, 0.25) is 6.79 Å². The first-order valence-electron chi connectivity index (χ1n) is 5.51. The summed E-state index contributed by atoms with van der Waals surface area (Å²) in [5.74, 6) is 0.873. The van der Waals surface area contributed by atoms with Crippen LogP contribution in [0.4, 0.5) is 0 Å². The molecule has 1 aromatic carbocycles. The molecule has 4 nitrogen and oxygen atoms in total. The Kier molecular flexibility index (Phi) is 3.43. The molecular weight excluding hydrogens is 242 g/mol. The number of benzene rings is 1. The predicted octanol–water partition coefficient (Wildman–Crippen LogP) is 2.60. The minimum atomic E-state index is -0.153. The topological polar surface area (TPSA) is 47.6 Å². The standard InChI is InChI=1S/C12H14ClNO3/c1-3-7(2)14-12(15)8-4-9(13)11-10(5-8)16-6-17-11/h4-5,7H,3,6H2,1-2H3,(H,14,15)/t7-/m0/s1. The Labute approximate surface area is 105 Å². The zero-order chi connectivity index (χ0) is 12.4. The number of carbonyl (C=O) groups is 1. The van der Waals surface area contributed by atoms with E-state index in [1.807, 2.05) is 13.8 Å². The molecule has 0 saturated heterocycles. The van der Waals surface area contributed by atoms with Gasteiger partial charge in [0.05, 0.1) is 5.02 Å². The number of halogens is 1. The number of amides is 1. The molecule has 0 fully saturated rings. The Morgan fingerprint density at radius 2 is 2.29 bits per heavy atom. The quantitative estimate of drug-likeness (QED) is 0.903. The second-order valence-corrected chi connectivity index (χ2v) is 4.38. The van der Waals surface area contributed by atoms with E-state index in [9.17, 15) is 4.79 Å². The molecule has 1 heterocycles. The van der Waals surface area contributed by atoms with Gasteiger partial charge in [-0.2, -0.15) is 0 Å². The third-order valence-corrected chi connectivity index (χ3v) is 2.96. The summed E-state index contributed by atoms with van der Waals surface area (Å²) >= 11 is 6.00. The number of hydrogen-bond acceptors (Lipinski definition) is 3. The number of rotatable bonds is 3. The molecule has 0 bridgehead atoms. The van der Waals surface area contributed by atoms with Crippen LogP contribution in [0.25, 0.3) is 0 Å². The molecule has 1 atom stereocenters. The van der Waals surface area contributed by atoms with Crippen molar-refractivity contribution in [1.29, 1.82) is 0 Å². The maximum absolute atomic E-state index is 11.9. The van der Waals surface area contributed by atoms with Crippen LogP contribution >= 0.6 is 11.6 Å². The average Bonchev–Trinajstić information content (AvgIpc) is 2.77. The third kappa shape index (κ3) is 2.47. The summed E-state index contributed by atoms with van der Waals surface area (Å²) in [6.45, 7) is 4.11. The smallest absolute Gasteiger partial charge is 0.251 e. The Hall–Kier alpha value is -1.42.